The molecule has 0 spiro atoms. The summed E-state index contributed by atoms with van der Waals surface area (Å²) in [5, 5.41) is 9.27. The first-order chi connectivity index (χ1) is 12.5. The Kier molecular flexibility index (Phi) is 5.09. The summed E-state index contributed by atoms with van der Waals surface area (Å²) in [5.74, 6) is -0.415. The second-order valence-electron chi connectivity index (χ2n) is 5.78. The lowest BCUT2D eigenvalue weighted by Gasteiger charge is -2.11. The first kappa shape index (κ1) is 17.8. The van der Waals surface area contributed by atoms with Crippen LogP contribution in [0.1, 0.15) is 16.8 Å². The van der Waals surface area contributed by atoms with Crippen molar-refractivity contribution in [3.05, 3.63) is 74.9 Å². The monoisotopic (exact) mass is 372 g/mol. The number of carboxylic acids is 1. The van der Waals surface area contributed by atoms with E-state index in [0.29, 0.717) is 22.2 Å². The minimum Gasteiger partial charge on any atom is -0.481 e. The van der Waals surface area contributed by atoms with Gasteiger partial charge in [-0.2, -0.15) is 0 Å². The molecule has 2 heterocycles. The quantitative estimate of drug-likeness (QED) is 0.617. The van der Waals surface area contributed by atoms with E-state index in [-0.39, 0.29) is 18.5 Å². The summed E-state index contributed by atoms with van der Waals surface area (Å²) in [6.07, 6.45) is 1.24. The van der Waals surface area contributed by atoms with Crippen LogP contribution in [0.15, 0.2) is 47.4 Å². The lowest BCUT2D eigenvalue weighted by Crippen LogP contribution is -2.32. The minimum atomic E-state index is -1.05. The molecule has 134 valence electrons. The number of nitrogens with zero attached hydrogens (tertiary/aromatic N) is 2. The third kappa shape index (κ3) is 3.78. The molecule has 0 aliphatic carbocycles. The van der Waals surface area contributed by atoms with Gasteiger partial charge in [0.25, 0.3) is 5.56 Å². The molecule has 0 radical (unpaired) electrons. The first-order valence-electron chi connectivity index (χ1n) is 7.92. The average molecular weight is 373 g/mol. The molecule has 8 heteroatoms. The van der Waals surface area contributed by atoms with E-state index in [2.05, 4.69) is 15.4 Å². The fourth-order valence-corrected chi connectivity index (χ4v) is 2.76. The van der Waals surface area contributed by atoms with Crippen molar-refractivity contribution in [3.63, 3.8) is 0 Å². The largest absolute Gasteiger partial charge is 0.481 e. The second-order valence-corrected chi connectivity index (χ2v) is 6.14. The molecule has 0 atom stereocenters. The van der Waals surface area contributed by atoms with Crippen molar-refractivity contribution in [1.29, 1.82) is 0 Å². The van der Waals surface area contributed by atoms with Crippen molar-refractivity contribution in [2.45, 2.75) is 19.9 Å². The molecule has 0 aliphatic heterocycles. The summed E-state index contributed by atoms with van der Waals surface area (Å²) < 4.78 is 1.25. The van der Waals surface area contributed by atoms with Crippen LogP contribution in [0.2, 0.25) is 5.15 Å². The standard InChI is InChI=1S/C18H17ClN4O3/c1-11-7-8-23(18(26)13(11)9-15(24)25)20-10-14-16(19)22-17(21-14)12-5-3-2-4-6-12/h2-8,20H,9-10H2,1H3,(H,21,22)(H,24,25). The van der Waals surface area contributed by atoms with E-state index < -0.39 is 11.5 Å². The summed E-state index contributed by atoms with van der Waals surface area (Å²) in [6, 6.07) is 11.2. The van der Waals surface area contributed by atoms with Crippen LogP contribution >= 0.6 is 11.6 Å². The van der Waals surface area contributed by atoms with Crippen molar-refractivity contribution < 1.29 is 9.90 Å². The number of carboxylic acid groups (broad SMARTS) is 1. The average Bonchev–Trinajstić information content (AvgIpc) is 2.99. The maximum Gasteiger partial charge on any atom is 0.308 e. The summed E-state index contributed by atoms with van der Waals surface area (Å²) in [4.78, 5) is 30.8. The maximum absolute atomic E-state index is 12.4. The van der Waals surface area contributed by atoms with Crippen LogP contribution in [0.5, 0.6) is 0 Å². The number of halogens is 1. The fourth-order valence-electron chi connectivity index (χ4n) is 2.56. The van der Waals surface area contributed by atoms with Gasteiger partial charge in [-0.05, 0) is 18.6 Å². The number of nitrogens with one attached hydrogen (secondary N) is 2. The lowest BCUT2D eigenvalue weighted by molar-refractivity contribution is -0.136. The van der Waals surface area contributed by atoms with Gasteiger partial charge in [-0.15, -0.1) is 0 Å². The Balaban J connectivity index is 1.81. The minimum absolute atomic E-state index is 0.230. The van der Waals surface area contributed by atoms with Crippen LogP contribution < -0.4 is 11.0 Å². The van der Waals surface area contributed by atoms with E-state index in [1.807, 2.05) is 30.3 Å². The van der Waals surface area contributed by atoms with E-state index >= 15 is 0 Å². The van der Waals surface area contributed by atoms with Gasteiger partial charge in [0.05, 0.1) is 18.7 Å². The van der Waals surface area contributed by atoms with Gasteiger partial charge in [-0.25, -0.2) is 9.66 Å². The highest BCUT2D eigenvalue weighted by atomic mass is 35.5. The number of aliphatic carboxylic acids is 1. The topological polar surface area (TPSA) is 100 Å². The Morgan fingerprint density at radius 3 is 2.73 bits per heavy atom. The highest BCUT2D eigenvalue weighted by Crippen LogP contribution is 2.21. The molecule has 7 nitrogen and oxygen atoms in total. The number of aromatic nitrogens is 3. The zero-order valence-electron chi connectivity index (χ0n) is 14.0. The van der Waals surface area contributed by atoms with Gasteiger partial charge < -0.3 is 15.5 Å². The normalized spacial score (nSPS) is 10.7. The Hall–Kier alpha value is -3.06. The van der Waals surface area contributed by atoms with Crippen molar-refractivity contribution >= 4 is 17.6 Å². The number of H-pyrrole nitrogens is 1. The van der Waals surface area contributed by atoms with E-state index in [1.54, 1.807) is 19.2 Å². The highest BCUT2D eigenvalue weighted by Gasteiger charge is 2.13. The first-order valence-corrected chi connectivity index (χ1v) is 8.30. The molecule has 0 saturated carbocycles. The van der Waals surface area contributed by atoms with Crippen LogP contribution in [0.25, 0.3) is 11.4 Å². The Morgan fingerprint density at radius 2 is 2.04 bits per heavy atom. The predicted octanol–water partition coefficient (Wildman–Crippen LogP) is 2.57. The van der Waals surface area contributed by atoms with Crippen molar-refractivity contribution in [2.24, 2.45) is 0 Å². The van der Waals surface area contributed by atoms with Gasteiger partial charge >= 0.3 is 5.97 Å². The van der Waals surface area contributed by atoms with E-state index in [0.717, 1.165) is 5.56 Å². The van der Waals surface area contributed by atoms with Crippen LogP contribution in [0, 0.1) is 6.92 Å². The number of rotatable bonds is 6. The molecule has 3 N–H and O–H groups in total. The summed E-state index contributed by atoms with van der Waals surface area (Å²) >= 11 is 6.18. The molecule has 0 fully saturated rings. The Bertz CT molecular complexity index is 995. The summed E-state index contributed by atoms with van der Waals surface area (Å²) in [5.41, 5.74) is 4.94. The van der Waals surface area contributed by atoms with Gasteiger partial charge in [0.1, 0.15) is 5.82 Å². The second kappa shape index (κ2) is 7.45. The molecule has 0 bridgehead atoms. The van der Waals surface area contributed by atoms with Crippen molar-refractivity contribution in [2.75, 3.05) is 5.43 Å². The van der Waals surface area contributed by atoms with Crippen LogP contribution in [0.3, 0.4) is 0 Å². The van der Waals surface area contributed by atoms with Crippen LogP contribution in [-0.2, 0) is 17.8 Å². The number of carbonyl (C=O) groups is 1. The van der Waals surface area contributed by atoms with Crippen LogP contribution in [0.4, 0.5) is 0 Å². The molecule has 0 unspecified atom stereocenters. The molecule has 0 amide bonds. The Morgan fingerprint density at radius 1 is 1.31 bits per heavy atom. The SMILES string of the molecule is Cc1ccn(NCc2[nH]c(-c3ccccc3)nc2Cl)c(=O)c1CC(=O)O. The van der Waals surface area contributed by atoms with Gasteiger partial charge in [0.15, 0.2) is 5.15 Å². The smallest absolute Gasteiger partial charge is 0.308 e. The number of hydrogen-bond acceptors (Lipinski definition) is 4. The van der Waals surface area contributed by atoms with Gasteiger partial charge in [0, 0.05) is 17.3 Å². The van der Waals surface area contributed by atoms with E-state index in [9.17, 15) is 9.59 Å². The Labute approximate surface area is 154 Å². The molecule has 3 rings (SSSR count). The summed E-state index contributed by atoms with van der Waals surface area (Å²) in [6.45, 7) is 1.94. The molecule has 26 heavy (non-hydrogen) atoms. The van der Waals surface area contributed by atoms with Gasteiger partial charge in [-0.1, -0.05) is 41.9 Å². The zero-order valence-corrected chi connectivity index (χ0v) is 14.7. The molecule has 0 saturated heterocycles. The number of pyridine rings is 1. The molecular weight excluding hydrogens is 356 g/mol. The maximum atomic E-state index is 12.4. The van der Waals surface area contributed by atoms with Gasteiger partial charge in [0.2, 0.25) is 0 Å². The van der Waals surface area contributed by atoms with Crippen molar-refractivity contribution in [3.8, 4) is 11.4 Å². The number of benzene rings is 1. The predicted molar refractivity (Wildman–Crippen MR) is 98.9 cm³/mol. The number of aryl methyl sites for hydroxylation is 1. The van der Waals surface area contributed by atoms with E-state index in [1.165, 1.54) is 4.68 Å². The molecule has 0 aliphatic rings. The van der Waals surface area contributed by atoms with Gasteiger partial charge in [-0.3, -0.25) is 9.59 Å². The highest BCUT2D eigenvalue weighted by molar-refractivity contribution is 6.30. The number of aromatic amines is 1. The fraction of sp³-hybridized carbons (Fsp3) is 0.167. The zero-order chi connectivity index (χ0) is 18.7. The number of hydrogen-bond donors (Lipinski definition) is 3. The molecule has 2 aromatic heterocycles. The van der Waals surface area contributed by atoms with Crippen molar-refractivity contribution in [1.82, 2.24) is 14.6 Å². The van der Waals surface area contributed by atoms with Crippen LogP contribution in [-0.4, -0.2) is 25.7 Å². The molecule has 3 aromatic rings. The molecule has 1 aromatic carbocycles. The summed E-state index contributed by atoms with van der Waals surface area (Å²) in [7, 11) is 0. The third-order valence-electron chi connectivity index (χ3n) is 3.96. The molecular formula is C18H17ClN4O3. The lowest BCUT2D eigenvalue weighted by atomic mass is 10.1. The third-order valence-corrected chi connectivity index (χ3v) is 4.27. The van der Waals surface area contributed by atoms with E-state index in [4.69, 9.17) is 16.7 Å². The number of imidazole rings is 1.